The molecule has 3 N–H and O–H groups in total. The van der Waals surface area contributed by atoms with Gasteiger partial charge in [-0.25, -0.2) is 9.97 Å². The maximum atomic E-state index is 13.0. The molecule has 12 nitrogen and oxygen atoms in total. The number of aromatic nitrogens is 3. The van der Waals surface area contributed by atoms with Crippen LogP contribution in [-0.4, -0.2) is 62.6 Å². The average Bonchev–Trinajstić information content (AvgIpc) is 3.44. The Bertz CT molecular complexity index is 1460. The lowest BCUT2D eigenvalue weighted by atomic mass is 10.0. The molecular formula is C21H19N7O5S3. The standard InChI is InChI=1S/C21H19N7O5S3/c1-9-23-11-6-27(4-3-13(11)36-9)5-10-7-34-19-15(18(30)28(19)16(10)20(31)32)25-17(29)14(26-33-2)12-8-35-21(22)24-12/h3-4,6,8,15,19H,5,7H2,1-2H3,(H3-,22,24,25,29,31,32)/t15?,19-/m0/s1. The maximum absolute atomic E-state index is 13.0. The summed E-state index contributed by atoms with van der Waals surface area (Å²) < 4.78 is 2.86. The molecule has 2 aliphatic heterocycles. The van der Waals surface area contributed by atoms with Crippen LogP contribution in [0.2, 0.25) is 0 Å². The Hall–Kier alpha value is -3.56. The molecule has 0 aromatic carbocycles. The highest BCUT2D eigenvalue weighted by molar-refractivity contribution is 8.00. The molecule has 2 atom stereocenters. The molecule has 36 heavy (non-hydrogen) atoms. The van der Waals surface area contributed by atoms with Crippen molar-refractivity contribution < 1.29 is 28.9 Å². The van der Waals surface area contributed by atoms with Crippen molar-refractivity contribution in [2.75, 3.05) is 18.6 Å². The molecule has 1 unspecified atom stereocenters. The molecule has 3 aromatic rings. The molecule has 1 saturated heterocycles. The molecule has 0 bridgehead atoms. The highest BCUT2D eigenvalue weighted by Crippen LogP contribution is 2.40. The molecule has 2 aliphatic rings. The van der Waals surface area contributed by atoms with Crippen molar-refractivity contribution in [3.05, 3.63) is 45.8 Å². The van der Waals surface area contributed by atoms with Crippen LogP contribution in [-0.2, 0) is 25.8 Å². The van der Waals surface area contributed by atoms with Crippen molar-refractivity contribution >= 4 is 73.3 Å². The van der Waals surface area contributed by atoms with Crippen LogP contribution in [0.25, 0.3) is 10.2 Å². The number of nitrogen functional groups attached to an aromatic ring is 1. The lowest BCUT2D eigenvalue weighted by Crippen LogP contribution is -2.71. The van der Waals surface area contributed by atoms with E-state index in [9.17, 15) is 19.5 Å². The van der Waals surface area contributed by atoms with Crippen LogP contribution in [0.1, 0.15) is 10.7 Å². The topological polar surface area (TPSA) is 167 Å². The van der Waals surface area contributed by atoms with Crippen molar-refractivity contribution in [1.29, 1.82) is 0 Å². The number of rotatable bonds is 7. The second-order valence-corrected chi connectivity index (χ2v) is 11.1. The van der Waals surface area contributed by atoms with Gasteiger partial charge in [-0.3, -0.25) is 14.5 Å². The number of carbonyl (C=O) groups is 3. The van der Waals surface area contributed by atoms with Gasteiger partial charge in [0, 0.05) is 22.8 Å². The van der Waals surface area contributed by atoms with Crippen LogP contribution in [0.15, 0.2) is 40.3 Å². The van der Waals surface area contributed by atoms with Crippen LogP contribution in [0.3, 0.4) is 0 Å². The van der Waals surface area contributed by atoms with E-state index in [-0.39, 0.29) is 28.8 Å². The van der Waals surface area contributed by atoms with Crippen LogP contribution in [0.5, 0.6) is 0 Å². The van der Waals surface area contributed by atoms with E-state index in [0.29, 0.717) is 11.3 Å². The van der Waals surface area contributed by atoms with Crippen LogP contribution < -0.4 is 20.7 Å². The molecule has 3 aromatic heterocycles. The summed E-state index contributed by atoms with van der Waals surface area (Å²) >= 11 is 4.06. The normalized spacial score (nSPS) is 19.8. The summed E-state index contributed by atoms with van der Waals surface area (Å²) in [6.45, 7) is 2.18. The maximum Gasteiger partial charge on any atom is 0.276 e. The SMILES string of the molecule is CON=C(C(=O)NC1C(=O)N2C(C(=O)[O-])=C(C[n+]3ccc4sc(C)nc4c3)CS[C@@H]12)c1csc(N)n1. The first-order chi connectivity index (χ1) is 17.3. The summed E-state index contributed by atoms with van der Waals surface area (Å²) in [6, 6.07) is 0.978. The Kier molecular flexibility index (Phi) is 6.36. The molecule has 15 heteroatoms. The first-order valence-corrected chi connectivity index (χ1v) is 13.3. The Morgan fingerprint density at radius 3 is 2.92 bits per heavy atom. The van der Waals surface area contributed by atoms with E-state index in [1.807, 2.05) is 30.0 Å². The third-order valence-corrected chi connectivity index (χ3v) is 8.52. The minimum absolute atomic E-state index is 0.141. The number of fused-ring (bicyclic) bond motifs is 2. The predicted molar refractivity (Wildman–Crippen MR) is 132 cm³/mol. The molecule has 0 spiro atoms. The van der Waals surface area contributed by atoms with Gasteiger partial charge in [0.15, 0.2) is 29.8 Å². The van der Waals surface area contributed by atoms with Gasteiger partial charge in [-0.2, -0.15) is 4.57 Å². The molecular weight excluding hydrogens is 526 g/mol. The molecule has 0 saturated carbocycles. The fourth-order valence-corrected chi connectivity index (χ4v) is 6.73. The number of oxime groups is 1. The van der Waals surface area contributed by atoms with Gasteiger partial charge in [-0.1, -0.05) is 5.16 Å². The summed E-state index contributed by atoms with van der Waals surface area (Å²) in [6.07, 6.45) is 3.69. The van der Waals surface area contributed by atoms with Gasteiger partial charge >= 0.3 is 0 Å². The second-order valence-electron chi connectivity index (χ2n) is 7.89. The number of thiazole rings is 2. The Morgan fingerprint density at radius 2 is 2.22 bits per heavy atom. The number of aliphatic carboxylic acids is 1. The van der Waals surface area contributed by atoms with E-state index in [0.717, 1.165) is 26.6 Å². The fourth-order valence-electron chi connectivity index (χ4n) is 4.05. The van der Waals surface area contributed by atoms with Gasteiger partial charge < -0.3 is 25.8 Å². The highest BCUT2D eigenvalue weighted by atomic mass is 32.2. The van der Waals surface area contributed by atoms with Crippen LogP contribution in [0, 0.1) is 6.92 Å². The summed E-state index contributed by atoms with van der Waals surface area (Å²) in [4.78, 5) is 52.4. The summed E-state index contributed by atoms with van der Waals surface area (Å²) in [5, 5.41) is 20.5. The number of carboxylic acids is 1. The Labute approximate surface area is 216 Å². The fraction of sp³-hybridized carbons (Fsp3) is 0.286. The third-order valence-electron chi connectivity index (χ3n) is 5.56. The molecule has 5 heterocycles. The van der Waals surface area contributed by atoms with E-state index in [1.54, 1.807) is 16.7 Å². The van der Waals surface area contributed by atoms with Crippen LogP contribution >= 0.6 is 34.4 Å². The van der Waals surface area contributed by atoms with Gasteiger partial charge in [0.2, 0.25) is 0 Å². The van der Waals surface area contributed by atoms with Crippen molar-refractivity contribution in [1.82, 2.24) is 20.2 Å². The zero-order chi connectivity index (χ0) is 25.6. The Balaban J connectivity index is 1.36. The van der Waals surface area contributed by atoms with Crippen molar-refractivity contribution in [2.45, 2.75) is 24.9 Å². The predicted octanol–water partition coefficient (Wildman–Crippen LogP) is -0.614. The average molecular weight is 546 g/mol. The van der Waals surface area contributed by atoms with E-state index < -0.39 is 29.2 Å². The van der Waals surface area contributed by atoms with Crippen molar-refractivity contribution in [3.63, 3.8) is 0 Å². The van der Waals surface area contributed by atoms with Gasteiger partial charge in [0.05, 0.1) is 21.4 Å². The number of nitrogens with two attached hydrogens (primary N) is 1. The molecule has 2 amide bonds. The number of thioether (sulfide) groups is 1. The summed E-state index contributed by atoms with van der Waals surface area (Å²) in [5.74, 6) is -2.35. The van der Waals surface area contributed by atoms with E-state index >= 15 is 0 Å². The molecule has 0 radical (unpaired) electrons. The summed E-state index contributed by atoms with van der Waals surface area (Å²) in [7, 11) is 1.28. The largest absolute Gasteiger partial charge is 0.543 e. The minimum atomic E-state index is -1.45. The second kappa shape index (κ2) is 9.48. The number of nitrogens with zero attached hydrogens (tertiary/aromatic N) is 5. The molecule has 1 fully saturated rings. The number of amides is 2. The van der Waals surface area contributed by atoms with E-state index in [1.165, 1.54) is 23.8 Å². The molecule has 0 aliphatic carbocycles. The number of hydrogen-bond acceptors (Lipinski definition) is 12. The number of nitrogens with one attached hydrogen (secondary N) is 1. The van der Waals surface area contributed by atoms with Gasteiger partial charge in [-0.05, 0) is 6.92 Å². The third kappa shape index (κ3) is 4.29. The highest BCUT2D eigenvalue weighted by Gasteiger charge is 2.53. The van der Waals surface area contributed by atoms with Crippen molar-refractivity contribution in [2.24, 2.45) is 5.16 Å². The molecule has 186 valence electrons. The smallest absolute Gasteiger partial charge is 0.276 e. The van der Waals surface area contributed by atoms with Gasteiger partial charge in [-0.15, -0.1) is 34.4 Å². The molecule has 5 rings (SSSR count). The number of carboxylic acid groups (broad SMARTS) is 1. The quantitative estimate of drug-likeness (QED) is 0.170. The Morgan fingerprint density at radius 1 is 1.42 bits per heavy atom. The monoisotopic (exact) mass is 545 g/mol. The minimum Gasteiger partial charge on any atom is -0.543 e. The van der Waals surface area contributed by atoms with Crippen LogP contribution in [0.4, 0.5) is 5.13 Å². The van der Waals surface area contributed by atoms with Gasteiger partial charge in [0.25, 0.3) is 11.8 Å². The first kappa shape index (κ1) is 24.1. The zero-order valence-electron chi connectivity index (χ0n) is 19.0. The number of β-lactam (4-membered cyclic amide) rings is 1. The van der Waals surface area contributed by atoms with E-state index in [2.05, 4.69) is 20.4 Å². The number of pyridine rings is 1. The lowest BCUT2D eigenvalue weighted by Gasteiger charge is -2.50. The van der Waals surface area contributed by atoms with Crippen molar-refractivity contribution in [3.8, 4) is 0 Å². The number of aryl methyl sites for hydroxylation is 1. The number of carbonyl (C=O) groups excluding carboxylic acids is 3. The first-order valence-electron chi connectivity index (χ1n) is 10.5. The number of anilines is 1. The zero-order valence-corrected chi connectivity index (χ0v) is 21.4. The number of hydrogen-bond donors (Lipinski definition) is 2. The van der Waals surface area contributed by atoms with Gasteiger partial charge in [0.1, 0.15) is 29.7 Å². The lowest BCUT2D eigenvalue weighted by molar-refractivity contribution is -0.687. The van der Waals surface area contributed by atoms with E-state index in [4.69, 9.17) is 10.6 Å². The summed E-state index contributed by atoms with van der Waals surface area (Å²) in [5.41, 5.74) is 6.89.